The van der Waals surface area contributed by atoms with E-state index in [-0.39, 0.29) is 28.8 Å². The van der Waals surface area contributed by atoms with Crippen molar-refractivity contribution >= 4 is 16.8 Å². The first kappa shape index (κ1) is 18.1. The number of H-pyrrole nitrogens is 1. The van der Waals surface area contributed by atoms with Crippen molar-refractivity contribution in [2.24, 2.45) is 0 Å². The standard InChI is InChI=1S/C18H19F3N2O4/c19-18(20,21)27-15-6-3-4-12-11(15)10-13(22-12)16(24)23-7-2-1-5-14(23)17-25-8-9-26-17/h3-4,6,10,14,17,22H,1-2,5,7-9H2/t14-/m1/s1. The van der Waals surface area contributed by atoms with Gasteiger partial charge in [-0.2, -0.15) is 0 Å². The fraction of sp³-hybridized carbons (Fsp3) is 0.500. The highest BCUT2D eigenvalue weighted by Gasteiger charge is 2.37. The summed E-state index contributed by atoms with van der Waals surface area (Å²) in [6.45, 7) is 1.54. The van der Waals surface area contributed by atoms with Gasteiger partial charge in [-0.25, -0.2) is 0 Å². The van der Waals surface area contributed by atoms with Crippen molar-refractivity contribution in [3.63, 3.8) is 0 Å². The number of aromatic amines is 1. The van der Waals surface area contributed by atoms with Gasteiger partial charge in [-0.05, 0) is 37.5 Å². The quantitative estimate of drug-likeness (QED) is 0.881. The molecule has 146 valence electrons. The number of halogens is 3. The number of hydrogen-bond acceptors (Lipinski definition) is 4. The molecule has 0 aliphatic carbocycles. The second-order valence-electron chi connectivity index (χ2n) is 6.62. The Bertz CT molecular complexity index is 830. The number of hydrogen-bond donors (Lipinski definition) is 1. The molecule has 0 bridgehead atoms. The number of benzene rings is 1. The van der Waals surface area contributed by atoms with Gasteiger partial charge < -0.3 is 24.1 Å². The van der Waals surface area contributed by atoms with Gasteiger partial charge in [-0.15, -0.1) is 13.2 Å². The number of amides is 1. The summed E-state index contributed by atoms with van der Waals surface area (Å²) >= 11 is 0. The highest BCUT2D eigenvalue weighted by atomic mass is 19.4. The Hall–Kier alpha value is -2.26. The number of rotatable bonds is 3. The van der Waals surface area contributed by atoms with Crippen LogP contribution in [0.25, 0.3) is 10.9 Å². The number of piperidine rings is 1. The molecule has 1 N–H and O–H groups in total. The van der Waals surface area contributed by atoms with Gasteiger partial charge in [0.2, 0.25) is 0 Å². The first-order valence-corrected chi connectivity index (χ1v) is 8.84. The summed E-state index contributed by atoms with van der Waals surface area (Å²) in [6, 6.07) is 5.47. The minimum Gasteiger partial charge on any atom is -0.405 e. The molecule has 1 amide bonds. The molecule has 0 saturated carbocycles. The van der Waals surface area contributed by atoms with Crippen LogP contribution in [0.5, 0.6) is 5.75 Å². The largest absolute Gasteiger partial charge is 0.573 e. The maximum atomic E-state index is 13.1. The molecule has 0 spiro atoms. The fourth-order valence-corrected chi connectivity index (χ4v) is 3.70. The molecule has 3 heterocycles. The third-order valence-corrected chi connectivity index (χ3v) is 4.85. The Morgan fingerprint density at radius 2 is 2.00 bits per heavy atom. The highest BCUT2D eigenvalue weighted by molar-refractivity contribution is 5.99. The summed E-state index contributed by atoms with van der Waals surface area (Å²) in [5.74, 6) is -0.624. The summed E-state index contributed by atoms with van der Waals surface area (Å²) in [7, 11) is 0. The summed E-state index contributed by atoms with van der Waals surface area (Å²) < 4.78 is 53.1. The van der Waals surface area contributed by atoms with E-state index in [0.717, 1.165) is 19.3 Å². The smallest absolute Gasteiger partial charge is 0.405 e. The number of carbonyl (C=O) groups is 1. The lowest BCUT2D eigenvalue weighted by Gasteiger charge is -2.37. The van der Waals surface area contributed by atoms with E-state index in [4.69, 9.17) is 9.47 Å². The Balaban J connectivity index is 1.62. The summed E-state index contributed by atoms with van der Waals surface area (Å²) in [5, 5.41) is 0.208. The van der Waals surface area contributed by atoms with Gasteiger partial charge in [0.05, 0.1) is 19.3 Å². The zero-order valence-corrected chi connectivity index (χ0v) is 14.4. The lowest BCUT2D eigenvalue weighted by Crippen LogP contribution is -2.50. The normalized spacial score (nSPS) is 21.7. The fourth-order valence-electron chi connectivity index (χ4n) is 3.70. The first-order chi connectivity index (χ1) is 12.9. The van der Waals surface area contributed by atoms with Gasteiger partial charge in [0.25, 0.3) is 5.91 Å². The lowest BCUT2D eigenvalue weighted by atomic mass is 10.0. The van der Waals surface area contributed by atoms with Crippen LogP contribution in [-0.2, 0) is 9.47 Å². The Morgan fingerprint density at radius 1 is 1.22 bits per heavy atom. The molecule has 9 heteroatoms. The third kappa shape index (κ3) is 3.74. The number of ether oxygens (including phenoxy) is 3. The molecule has 2 aliphatic rings. The lowest BCUT2D eigenvalue weighted by molar-refractivity contribution is -0.274. The van der Waals surface area contributed by atoms with Crippen LogP contribution in [-0.4, -0.2) is 54.2 Å². The van der Waals surface area contributed by atoms with E-state index < -0.39 is 12.7 Å². The minimum absolute atomic E-state index is 0.203. The maximum Gasteiger partial charge on any atom is 0.573 e. The molecular formula is C18H19F3N2O4. The summed E-state index contributed by atoms with van der Waals surface area (Å²) in [4.78, 5) is 17.7. The van der Waals surface area contributed by atoms with E-state index in [0.29, 0.717) is 25.3 Å². The van der Waals surface area contributed by atoms with E-state index in [1.807, 2.05) is 0 Å². The molecule has 27 heavy (non-hydrogen) atoms. The molecule has 1 aromatic carbocycles. The van der Waals surface area contributed by atoms with Gasteiger partial charge in [0, 0.05) is 17.4 Å². The van der Waals surface area contributed by atoms with Crippen molar-refractivity contribution in [2.75, 3.05) is 19.8 Å². The van der Waals surface area contributed by atoms with Crippen LogP contribution in [0, 0.1) is 0 Å². The monoisotopic (exact) mass is 384 g/mol. The van der Waals surface area contributed by atoms with Crippen LogP contribution in [0.3, 0.4) is 0 Å². The van der Waals surface area contributed by atoms with Crippen molar-refractivity contribution in [2.45, 2.75) is 38.0 Å². The SMILES string of the molecule is O=C(c1cc2c(OC(F)(F)F)cccc2[nH]1)N1CCCC[C@@H]1C1OCCO1. The second-order valence-corrected chi connectivity index (χ2v) is 6.62. The second kappa shape index (κ2) is 7.05. The molecule has 2 aromatic rings. The van der Waals surface area contributed by atoms with E-state index >= 15 is 0 Å². The van der Waals surface area contributed by atoms with Crippen molar-refractivity contribution < 1.29 is 32.2 Å². The average Bonchev–Trinajstić information content (AvgIpc) is 3.30. The van der Waals surface area contributed by atoms with Gasteiger partial charge in [0.1, 0.15) is 11.4 Å². The summed E-state index contributed by atoms with van der Waals surface area (Å²) in [5.41, 5.74) is 0.621. The molecule has 0 radical (unpaired) electrons. The Kier molecular flexibility index (Phi) is 4.73. The van der Waals surface area contributed by atoms with Gasteiger partial charge in [-0.3, -0.25) is 4.79 Å². The van der Waals surface area contributed by atoms with Crippen LogP contribution in [0.2, 0.25) is 0 Å². The molecular weight excluding hydrogens is 365 g/mol. The van der Waals surface area contributed by atoms with Crippen molar-refractivity contribution in [1.29, 1.82) is 0 Å². The van der Waals surface area contributed by atoms with Crippen molar-refractivity contribution in [3.8, 4) is 5.75 Å². The number of fused-ring (bicyclic) bond motifs is 1. The predicted octanol–water partition coefficient (Wildman–Crippen LogP) is 3.43. The number of nitrogens with one attached hydrogen (secondary N) is 1. The Morgan fingerprint density at radius 3 is 2.74 bits per heavy atom. The predicted molar refractivity (Wildman–Crippen MR) is 89.3 cm³/mol. The highest BCUT2D eigenvalue weighted by Crippen LogP contribution is 2.32. The van der Waals surface area contributed by atoms with E-state index in [1.165, 1.54) is 18.2 Å². The van der Waals surface area contributed by atoms with Crippen LogP contribution in [0.4, 0.5) is 13.2 Å². The van der Waals surface area contributed by atoms with Crippen molar-refractivity contribution in [1.82, 2.24) is 9.88 Å². The summed E-state index contributed by atoms with van der Waals surface area (Å²) in [6.07, 6.45) is -2.67. The van der Waals surface area contributed by atoms with Crippen molar-refractivity contribution in [3.05, 3.63) is 30.0 Å². The average molecular weight is 384 g/mol. The molecule has 2 saturated heterocycles. The molecule has 4 rings (SSSR count). The van der Waals surface area contributed by atoms with E-state index in [2.05, 4.69) is 9.72 Å². The van der Waals surface area contributed by atoms with Gasteiger partial charge >= 0.3 is 6.36 Å². The van der Waals surface area contributed by atoms with Crippen LogP contribution >= 0.6 is 0 Å². The number of carbonyl (C=O) groups excluding carboxylic acids is 1. The van der Waals surface area contributed by atoms with Crippen LogP contribution in [0.1, 0.15) is 29.8 Å². The molecule has 6 nitrogen and oxygen atoms in total. The van der Waals surface area contributed by atoms with E-state index in [9.17, 15) is 18.0 Å². The molecule has 2 aliphatic heterocycles. The molecule has 0 unspecified atom stereocenters. The zero-order chi connectivity index (χ0) is 19.0. The number of likely N-dealkylation sites (tertiary alicyclic amines) is 1. The number of aromatic nitrogens is 1. The van der Waals surface area contributed by atoms with Gasteiger partial charge in [-0.1, -0.05) is 6.07 Å². The maximum absolute atomic E-state index is 13.1. The number of alkyl halides is 3. The molecule has 1 atom stereocenters. The molecule has 1 aromatic heterocycles. The van der Waals surface area contributed by atoms with Crippen LogP contribution < -0.4 is 4.74 Å². The zero-order valence-electron chi connectivity index (χ0n) is 14.4. The first-order valence-electron chi connectivity index (χ1n) is 8.84. The number of nitrogens with zero attached hydrogens (tertiary/aromatic N) is 1. The Labute approximate surface area is 153 Å². The topological polar surface area (TPSA) is 63.8 Å². The third-order valence-electron chi connectivity index (χ3n) is 4.85. The minimum atomic E-state index is -4.80. The van der Waals surface area contributed by atoms with E-state index in [1.54, 1.807) is 11.0 Å². The molecule has 2 fully saturated rings. The van der Waals surface area contributed by atoms with Gasteiger partial charge in [0.15, 0.2) is 6.29 Å². The van der Waals surface area contributed by atoms with Crippen LogP contribution in [0.15, 0.2) is 24.3 Å².